The van der Waals surface area contributed by atoms with E-state index in [-0.39, 0.29) is 5.56 Å². The Balaban J connectivity index is 1.83. The molecular formula is C17H15N3O. The minimum Gasteiger partial charge on any atom is -0.365 e. The smallest absolute Gasteiger partial charge is 0.272 e. The fraction of sp³-hybridized carbons (Fsp3) is 0.0588. The summed E-state index contributed by atoms with van der Waals surface area (Å²) >= 11 is 0. The number of aromatic amines is 1. The Hall–Kier alpha value is -2.88. The van der Waals surface area contributed by atoms with Gasteiger partial charge in [0.25, 0.3) is 5.56 Å². The van der Waals surface area contributed by atoms with Crippen molar-refractivity contribution in [3.8, 4) is 11.1 Å². The van der Waals surface area contributed by atoms with Crippen LogP contribution in [0.2, 0.25) is 0 Å². The second kappa shape index (κ2) is 6.05. The fourth-order valence-electron chi connectivity index (χ4n) is 2.12. The molecule has 0 aliphatic carbocycles. The van der Waals surface area contributed by atoms with E-state index in [1.54, 1.807) is 6.07 Å². The van der Waals surface area contributed by atoms with Crippen LogP contribution in [-0.2, 0) is 6.54 Å². The minimum absolute atomic E-state index is 0.188. The zero-order valence-electron chi connectivity index (χ0n) is 11.4. The van der Waals surface area contributed by atoms with Crippen LogP contribution in [0.1, 0.15) is 5.56 Å². The van der Waals surface area contributed by atoms with E-state index in [0.29, 0.717) is 17.9 Å². The second-order valence-corrected chi connectivity index (χ2v) is 4.70. The summed E-state index contributed by atoms with van der Waals surface area (Å²) in [4.78, 5) is 11.9. The van der Waals surface area contributed by atoms with Crippen LogP contribution in [0.3, 0.4) is 0 Å². The summed E-state index contributed by atoms with van der Waals surface area (Å²) in [5, 5.41) is 9.78. The summed E-state index contributed by atoms with van der Waals surface area (Å²) in [6, 6.07) is 21.4. The van der Waals surface area contributed by atoms with Crippen molar-refractivity contribution in [2.75, 3.05) is 5.32 Å². The number of nitrogens with one attached hydrogen (secondary N) is 2. The number of hydrogen-bond acceptors (Lipinski definition) is 3. The van der Waals surface area contributed by atoms with Crippen LogP contribution in [-0.4, -0.2) is 10.2 Å². The molecule has 0 aliphatic rings. The van der Waals surface area contributed by atoms with Crippen LogP contribution in [0.4, 0.5) is 5.82 Å². The molecule has 2 aromatic carbocycles. The molecule has 0 amide bonds. The van der Waals surface area contributed by atoms with E-state index in [9.17, 15) is 4.79 Å². The van der Waals surface area contributed by atoms with Crippen LogP contribution < -0.4 is 10.9 Å². The predicted molar refractivity (Wildman–Crippen MR) is 84.1 cm³/mol. The molecule has 4 nitrogen and oxygen atoms in total. The largest absolute Gasteiger partial charge is 0.365 e. The van der Waals surface area contributed by atoms with Gasteiger partial charge in [0.1, 0.15) is 5.82 Å². The lowest BCUT2D eigenvalue weighted by molar-refractivity contribution is 0.971. The van der Waals surface area contributed by atoms with Gasteiger partial charge in [0.05, 0.1) is 5.56 Å². The third-order valence-corrected chi connectivity index (χ3v) is 3.20. The third-order valence-electron chi connectivity index (χ3n) is 3.20. The lowest BCUT2D eigenvalue weighted by Gasteiger charge is -2.07. The van der Waals surface area contributed by atoms with Crippen molar-refractivity contribution in [3.05, 3.63) is 82.6 Å². The van der Waals surface area contributed by atoms with Gasteiger partial charge in [-0.3, -0.25) is 4.79 Å². The molecular weight excluding hydrogens is 262 g/mol. The first-order chi connectivity index (χ1) is 10.3. The molecule has 0 saturated carbocycles. The first kappa shape index (κ1) is 13.1. The van der Waals surface area contributed by atoms with Crippen molar-refractivity contribution in [2.45, 2.75) is 6.54 Å². The van der Waals surface area contributed by atoms with Gasteiger partial charge in [-0.1, -0.05) is 60.7 Å². The maximum atomic E-state index is 11.9. The summed E-state index contributed by atoms with van der Waals surface area (Å²) in [6.07, 6.45) is 0. The Morgan fingerprint density at radius 1 is 0.952 bits per heavy atom. The fourth-order valence-corrected chi connectivity index (χ4v) is 2.12. The van der Waals surface area contributed by atoms with E-state index in [1.165, 1.54) is 0 Å². The Morgan fingerprint density at radius 3 is 2.33 bits per heavy atom. The SMILES string of the molecule is O=c1[nH]nc(NCc2ccccc2)cc1-c1ccccc1. The molecule has 0 atom stereocenters. The highest BCUT2D eigenvalue weighted by Gasteiger charge is 2.05. The molecule has 0 spiro atoms. The molecule has 1 heterocycles. The number of hydrogen-bond donors (Lipinski definition) is 2. The van der Waals surface area contributed by atoms with Crippen molar-refractivity contribution in [3.63, 3.8) is 0 Å². The van der Waals surface area contributed by atoms with Crippen molar-refractivity contribution in [1.82, 2.24) is 10.2 Å². The number of rotatable bonds is 4. The van der Waals surface area contributed by atoms with Gasteiger partial charge in [-0.25, -0.2) is 5.10 Å². The molecule has 4 heteroatoms. The van der Waals surface area contributed by atoms with Gasteiger partial charge in [0, 0.05) is 6.54 Å². The molecule has 21 heavy (non-hydrogen) atoms. The maximum absolute atomic E-state index is 11.9. The van der Waals surface area contributed by atoms with Gasteiger partial charge in [0.15, 0.2) is 0 Å². The first-order valence-electron chi connectivity index (χ1n) is 6.76. The molecule has 0 aliphatic heterocycles. The Bertz CT molecular complexity index is 767. The number of H-pyrrole nitrogens is 1. The summed E-state index contributed by atoms with van der Waals surface area (Å²) in [7, 11) is 0. The highest BCUT2D eigenvalue weighted by Crippen LogP contribution is 2.16. The van der Waals surface area contributed by atoms with E-state index in [4.69, 9.17) is 0 Å². The lowest BCUT2D eigenvalue weighted by Crippen LogP contribution is -2.13. The monoisotopic (exact) mass is 277 g/mol. The standard InChI is InChI=1S/C17H15N3O/c21-17-15(14-9-5-2-6-10-14)11-16(19-20-17)18-12-13-7-3-1-4-8-13/h1-11H,12H2,(H,18,19)(H,20,21). The summed E-state index contributed by atoms with van der Waals surface area (Å²) in [5.74, 6) is 0.650. The van der Waals surface area contributed by atoms with Crippen molar-refractivity contribution in [1.29, 1.82) is 0 Å². The number of nitrogens with zero attached hydrogens (tertiary/aromatic N) is 1. The molecule has 3 aromatic rings. The van der Waals surface area contributed by atoms with Gasteiger partial charge in [-0.15, -0.1) is 0 Å². The van der Waals surface area contributed by atoms with Gasteiger partial charge in [0.2, 0.25) is 0 Å². The quantitative estimate of drug-likeness (QED) is 0.770. The number of benzene rings is 2. The number of aromatic nitrogens is 2. The Kier molecular flexibility index (Phi) is 3.78. The van der Waals surface area contributed by atoms with Gasteiger partial charge < -0.3 is 5.32 Å². The highest BCUT2D eigenvalue weighted by atomic mass is 16.1. The molecule has 1 aromatic heterocycles. The molecule has 0 saturated heterocycles. The second-order valence-electron chi connectivity index (χ2n) is 4.70. The van der Waals surface area contributed by atoms with Crippen LogP contribution in [0.25, 0.3) is 11.1 Å². The predicted octanol–water partition coefficient (Wildman–Crippen LogP) is 3.05. The zero-order valence-corrected chi connectivity index (χ0v) is 11.4. The molecule has 0 unspecified atom stereocenters. The molecule has 0 fully saturated rings. The Morgan fingerprint density at radius 2 is 1.62 bits per heavy atom. The van der Waals surface area contributed by atoms with Crippen LogP contribution in [0.5, 0.6) is 0 Å². The third kappa shape index (κ3) is 3.17. The van der Waals surface area contributed by atoms with Crippen molar-refractivity contribution >= 4 is 5.82 Å². The van der Waals surface area contributed by atoms with Crippen LogP contribution in [0, 0.1) is 0 Å². The average Bonchev–Trinajstić information content (AvgIpc) is 2.56. The topological polar surface area (TPSA) is 57.8 Å². The Labute approximate surface area is 122 Å². The van der Waals surface area contributed by atoms with Crippen LogP contribution in [0.15, 0.2) is 71.5 Å². The summed E-state index contributed by atoms with van der Waals surface area (Å²) in [5.41, 5.74) is 2.46. The summed E-state index contributed by atoms with van der Waals surface area (Å²) in [6.45, 7) is 0.661. The van der Waals surface area contributed by atoms with E-state index < -0.39 is 0 Å². The number of anilines is 1. The van der Waals surface area contributed by atoms with Crippen LogP contribution >= 0.6 is 0 Å². The maximum Gasteiger partial charge on any atom is 0.272 e. The molecule has 3 rings (SSSR count). The van der Waals surface area contributed by atoms with E-state index in [2.05, 4.69) is 15.5 Å². The van der Waals surface area contributed by atoms with Crippen molar-refractivity contribution in [2.24, 2.45) is 0 Å². The highest BCUT2D eigenvalue weighted by molar-refractivity contribution is 5.64. The van der Waals surface area contributed by atoms with E-state index in [0.717, 1.165) is 11.1 Å². The molecule has 0 bridgehead atoms. The minimum atomic E-state index is -0.188. The van der Waals surface area contributed by atoms with Gasteiger partial charge in [-0.2, -0.15) is 5.10 Å². The van der Waals surface area contributed by atoms with E-state index >= 15 is 0 Å². The average molecular weight is 277 g/mol. The molecule has 104 valence electrons. The summed E-state index contributed by atoms with van der Waals surface area (Å²) < 4.78 is 0. The first-order valence-corrected chi connectivity index (χ1v) is 6.76. The molecule has 2 N–H and O–H groups in total. The lowest BCUT2D eigenvalue weighted by atomic mass is 10.1. The van der Waals surface area contributed by atoms with Gasteiger partial charge >= 0.3 is 0 Å². The van der Waals surface area contributed by atoms with Crippen molar-refractivity contribution < 1.29 is 0 Å². The molecule has 0 radical (unpaired) electrons. The normalized spacial score (nSPS) is 10.3. The van der Waals surface area contributed by atoms with E-state index in [1.807, 2.05) is 60.7 Å². The van der Waals surface area contributed by atoms with Gasteiger partial charge in [-0.05, 0) is 17.2 Å². The zero-order chi connectivity index (χ0) is 14.5.